The lowest BCUT2D eigenvalue weighted by Crippen LogP contribution is -2.44. The average Bonchev–Trinajstić information content (AvgIpc) is 3.17. The van der Waals surface area contributed by atoms with E-state index >= 15 is 0 Å². The van der Waals surface area contributed by atoms with Crippen LogP contribution in [0.3, 0.4) is 0 Å². The Morgan fingerprint density at radius 3 is 2.67 bits per heavy atom. The van der Waals surface area contributed by atoms with E-state index in [0.29, 0.717) is 6.04 Å². The maximum Gasteiger partial charge on any atom is 0.252 e. The van der Waals surface area contributed by atoms with Gasteiger partial charge in [0.05, 0.1) is 12.6 Å². The molecule has 1 unspecified atom stereocenters. The van der Waals surface area contributed by atoms with Crippen molar-refractivity contribution >= 4 is 5.91 Å². The molecule has 0 bridgehead atoms. The summed E-state index contributed by atoms with van der Waals surface area (Å²) < 4.78 is 0. The highest BCUT2D eigenvalue weighted by atomic mass is 16.3. The highest BCUT2D eigenvalue weighted by Gasteiger charge is 2.31. The summed E-state index contributed by atoms with van der Waals surface area (Å²) in [4.78, 5) is 15.5. The Bertz CT molecular complexity index is 787. The van der Waals surface area contributed by atoms with Crippen molar-refractivity contribution in [1.29, 1.82) is 0 Å². The van der Waals surface area contributed by atoms with Crippen LogP contribution in [0.15, 0.2) is 48.5 Å². The third-order valence-corrected chi connectivity index (χ3v) is 5.77. The number of rotatable bonds is 5. The van der Waals surface area contributed by atoms with Gasteiger partial charge in [-0.2, -0.15) is 0 Å². The Morgan fingerprint density at radius 1 is 1.15 bits per heavy atom. The third kappa shape index (κ3) is 3.76. The predicted octanol–water partition coefficient (Wildman–Crippen LogP) is 2.04. The van der Waals surface area contributed by atoms with Crippen LogP contribution in [-0.2, 0) is 6.42 Å². The van der Waals surface area contributed by atoms with Crippen LogP contribution < -0.4 is 10.6 Å². The van der Waals surface area contributed by atoms with Gasteiger partial charge in [0, 0.05) is 37.8 Å². The Hall–Kier alpha value is -2.21. The van der Waals surface area contributed by atoms with Crippen molar-refractivity contribution in [2.45, 2.75) is 24.9 Å². The Kier molecular flexibility index (Phi) is 5.53. The lowest BCUT2D eigenvalue weighted by atomic mass is 10.00. The Balaban J connectivity index is 1.54. The molecule has 27 heavy (non-hydrogen) atoms. The van der Waals surface area contributed by atoms with Crippen LogP contribution in [0.25, 0.3) is 0 Å². The molecule has 1 fully saturated rings. The van der Waals surface area contributed by atoms with Crippen molar-refractivity contribution in [3.8, 4) is 0 Å². The number of nitrogens with one attached hydrogen (secondary N) is 2. The van der Waals surface area contributed by atoms with Crippen molar-refractivity contribution in [2.75, 3.05) is 32.8 Å². The van der Waals surface area contributed by atoms with Crippen LogP contribution in [0.1, 0.15) is 45.6 Å². The summed E-state index contributed by atoms with van der Waals surface area (Å²) in [6, 6.07) is 15.7. The Labute approximate surface area is 160 Å². The molecule has 142 valence electrons. The fraction of sp³-hybridized carbons (Fsp3) is 0.409. The van der Waals surface area contributed by atoms with Crippen molar-refractivity contribution < 1.29 is 9.90 Å². The smallest absolute Gasteiger partial charge is 0.252 e. The van der Waals surface area contributed by atoms with E-state index in [0.717, 1.165) is 50.1 Å². The second kappa shape index (κ2) is 8.21. The van der Waals surface area contributed by atoms with Crippen LogP contribution in [0, 0.1) is 0 Å². The minimum atomic E-state index is -0.389. The number of piperazine rings is 1. The molecule has 4 rings (SSSR count). The lowest BCUT2D eigenvalue weighted by molar-refractivity contribution is 0.0915. The van der Waals surface area contributed by atoms with E-state index < -0.39 is 0 Å². The molecule has 2 aromatic carbocycles. The number of nitrogens with zero attached hydrogens (tertiary/aromatic N) is 1. The van der Waals surface area contributed by atoms with Gasteiger partial charge in [-0.15, -0.1) is 0 Å². The van der Waals surface area contributed by atoms with Gasteiger partial charge in [-0.05, 0) is 35.6 Å². The van der Waals surface area contributed by atoms with Gasteiger partial charge in [0.1, 0.15) is 0 Å². The number of hydrogen-bond donors (Lipinski definition) is 3. The fourth-order valence-electron chi connectivity index (χ4n) is 4.37. The summed E-state index contributed by atoms with van der Waals surface area (Å²) in [5.41, 5.74) is 4.13. The van der Waals surface area contributed by atoms with Gasteiger partial charge in [-0.25, -0.2) is 0 Å². The van der Waals surface area contributed by atoms with Gasteiger partial charge in [0.15, 0.2) is 0 Å². The van der Waals surface area contributed by atoms with E-state index in [1.165, 1.54) is 11.1 Å². The standard InChI is InChI=1S/C22H27N3O2/c26-15-20(16-5-2-1-3-6-16)24-22(27)19-8-4-7-18-17(19)9-10-21(18)25-13-11-23-12-14-25/h1-8,20-21,23,26H,9-15H2,(H,24,27)/t20-,21?/m1/s1. The topological polar surface area (TPSA) is 64.6 Å². The summed E-state index contributed by atoms with van der Waals surface area (Å²) in [6.45, 7) is 4.05. The number of aliphatic hydroxyl groups excluding tert-OH is 1. The first kappa shape index (κ1) is 18.2. The third-order valence-electron chi connectivity index (χ3n) is 5.77. The first-order valence-corrected chi connectivity index (χ1v) is 9.81. The van der Waals surface area contributed by atoms with E-state index in [1.54, 1.807) is 0 Å². The number of aliphatic hydroxyl groups is 1. The van der Waals surface area contributed by atoms with Crippen LogP contribution in [0.4, 0.5) is 0 Å². The zero-order valence-corrected chi connectivity index (χ0v) is 15.5. The fourth-order valence-corrected chi connectivity index (χ4v) is 4.37. The van der Waals surface area contributed by atoms with Crippen LogP contribution in [0.2, 0.25) is 0 Å². The summed E-state index contributed by atoms with van der Waals surface area (Å²) in [5.74, 6) is -0.101. The van der Waals surface area contributed by atoms with Crippen molar-refractivity contribution in [3.63, 3.8) is 0 Å². The van der Waals surface area contributed by atoms with Gasteiger partial charge < -0.3 is 15.7 Å². The van der Waals surface area contributed by atoms with E-state index in [4.69, 9.17) is 0 Å². The summed E-state index contributed by atoms with van der Waals surface area (Å²) >= 11 is 0. The molecule has 5 heteroatoms. The SMILES string of the molecule is O=C(N[C@H](CO)c1ccccc1)c1cccc2c1CCC2N1CCNCC1. The lowest BCUT2D eigenvalue weighted by Gasteiger charge is -2.33. The van der Waals surface area contributed by atoms with Gasteiger partial charge in [-0.1, -0.05) is 42.5 Å². The van der Waals surface area contributed by atoms with Crippen molar-refractivity contribution in [3.05, 3.63) is 70.8 Å². The van der Waals surface area contributed by atoms with Crippen molar-refractivity contribution in [1.82, 2.24) is 15.5 Å². The number of fused-ring (bicyclic) bond motifs is 1. The number of carbonyl (C=O) groups is 1. The highest BCUT2D eigenvalue weighted by Crippen LogP contribution is 2.37. The van der Waals surface area contributed by atoms with Crippen LogP contribution >= 0.6 is 0 Å². The molecule has 1 aliphatic carbocycles. The molecule has 0 spiro atoms. The quantitative estimate of drug-likeness (QED) is 0.759. The monoisotopic (exact) mass is 365 g/mol. The summed E-state index contributed by atoms with van der Waals surface area (Å²) in [6.07, 6.45) is 2.00. The van der Waals surface area contributed by atoms with E-state index in [1.807, 2.05) is 42.5 Å². The second-order valence-electron chi connectivity index (χ2n) is 7.33. The van der Waals surface area contributed by atoms with E-state index in [2.05, 4.69) is 21.6 Å². The summed E-state index contributed by atoms with van der Waals surface area (Å²) in [7, 11) is 0. The van der Waals surface area contributed by atoms with Crippen LogP contribution in [0.5, 0.6) is 0 Å². The molecular formula is C22H27N3O2. The molecule has 2 aromatic rings. The zero-order chi connectivity index (χ0) is 18.6. The number of benzene rings is 2. The first-order chi connectivity index (χ1) is 13.3. The molecule has 1 saturated heterocycles. The number of carbonyl (C=O) groups excluding carboxylic acids is 1. The minimum Gasteiger partial charge on any atom is -0.394 e. The van der Waals surface area contributed by atoms with Gasteiger partial charge in [-0.3, -0.25) is 9.69 Å². The molecule has 2 atom stereocenters. The number of amides is 1. The first-order valence-electron chi connectivity index (χ1n) is 9.81. The van der Waals surface area contributed by atoms with E-state index in [-0.39, 0.29) is 18.6 Å². The molecular weight excluding hydrogens is 338 g/mol. The maximum atomic E-state index is 13.0. The summed E-state index contributed by atoms with van der Waals surface area (Å²) in [5, 5.41) is 16.2. The normalized spacial score (nSPS) is 20.9. The number of hydrogen-bond acceptors (Lipinski definition) is 4. The predicted molar refractivity (Wildman–Crippen MR) is 106 cm³/mol. The Morgan fingerprint density at radius 2 is 1.93 bits per heavy atom. The second-order valence-corrected chi connectivity index (χ2v) is 7.33. The van der Waals surface area contributed by atoms with Crippen LogP contribution in [-0.4, -0.2) is 48.7 Å². The van der Waals surface area contributed by atoms with Gasteiger partial charge in [0.2, 0.25) is 0 Å². The average molecular weight is 365 g/mol. The molecule has 3 N–H and O–H groups in total. The zero-order valence-electron chi connectivity index (χ0n) is 15.5. The molecule has 0 saturated carbocycles. The van der Waals surface area contributed by atoms with E-state index in [9.17, 15) is 9.90 Å². The highest BCUT2D eigenvalue weighted by molar-refractivity contribution is 5.96. The van der Waals surface area contributed by atoms with Gasteiger partial charge in [0.25, 0.3) is 5.91 Å². The molecule has 1 heterocycles. The molecule has 1 amide bonds. The molecule has 5 nitrogen and oxygen atoms in total. The van der Waals surface area contributed by atoms with Crippen molar-refractivity contribution in [2.24, 2.45) is 0 Å². The minimum absolute atomic E-state index is 0.101. The molecule has 2 aliphatic rings. The largest absolute Gasteiger partial charge is 0.394 e. The molecule has 0 radical (unpaired) electrons. The molecule has 1 aliphatic heterocycles. The molecule has 0 aromatic heterocycles. The maximum absolute atomic E-state index is 13.0. The van der Waals surface area contributed by atoms with Gasteiger partial charge >= 0.3 is 0 Å².